The number of fused-ring (bicyclic) bond motifs is 1. The third-order valence-electron chi connectivity index (χ3n) is 6.76. The summed E-state index contributed by atoms with van der Waals surface area (Å²) in [6, 6.07) is 0. The Morgan fingerprint density at radius 1 is 1.36 bits per heavy atom. The molecule has 5 unspecified atom stereocenters. The second-order valence-electron chi connectivity index (χ2n) is 9.46. The van der Waals surface area contributed by atoms with Crippen LogP contribution in [-0.2, 0) is 19.1 Å². The van der Waals surface area contributed by atoms with Crippen LogP contribution in [0.15, 0.2) is 0 Å². The lowest BCUT2D eigenvalue weighted by Crippen LogP contribution is -2.55. The summed E-state index contributed by atoms with van der Waals surface area (Å²) < 4.78 is 11.7. The molecule has 2 rings (SSSR count). The Morgan fingerprint density at radius 3 is 2.40 bits per heavy atom. The summed E-state index contributed by atoms with van der Waals surface area (Å²) in [6.07, 6.45) is -0.897. The first-order chi connectivity index (χ1) is 11.2. The number of ketones is 1. The number of esters is 1. The van der Waals surface area contributed by atoms with Gasteiger partial charge in [-0.25, -0.2) is 0 Å². The third kappa shape index (κ3) is 3.25. The van der Waals surface area contributed by atoms with Crippen LogP contribution < -0.4 is 0 Å². The Labute approximate surface area is 151 Å². The predicted octanol–water partition coefficient (Wildman–Crippen LogP) is 3.12. The summed E-state index contributed by atoms with van der Waals surface area (Å²) in [7, 11) is 0. The SMILES string of the molecule is CCC(=O)OC(C1CC(C)C2C(O1)C(=O)C(C)(C)C2(C)C)C(C)(C)O. The molecule has 1 saturated carbocycles. The maximum Gasteiger partial charge on any atom is 0.305 e. The average Bonchev–Trinajstić information content (AvgIpc) is 2.61. The highest BCUT2D eigenvalue weighted by Gasteiger charge is 2.64. The van der Waals surface area contributed by atoms with Crippen LogP contribution in [0.1, 0.15) is 68.2 Å². The summed E-state index contributed by atoms with van der Waals surface area (Å²) in [4.78, 5) is 24.9. The van der Waals surface area contributed by atoms with E-state index in [1.54, 1.807) is 20.8 Å². The van der Waals surface area contributed by atoms with E-state index in [9.17, 15) is 14.7 Å². The summed E-state index contributed by atoms with van der Waals surface area (Å²) in [5.41, 5.74) is -1.89. The number of carbonyl (C=O) groups excluding carboxylic acids is 2. The lowest BCUT2D eigenvalue weighted by molar-refractivity contribution is -0.207. The van der Waals surface area contributed by atoms with Crippen molar-refractivity contribution in [2.24, 2.45) is 22.7 Å². The maximum atomic E-state index is 13.0. The van der Waals surface area contributed by atoms with Gasteiger partial charge >= 0.3 is 5.97 Å². The Bertz CT molecular complexity index is 543. The zero-order chi connectivity index (χ0) is 19.4. The minimum absolute atomic E-state index is 0.107. The molecule has 0 amide bonds. The van der Waals surface area contributed by atoms with Gasteiger partial charge in [0.25, 0.3) is 0 Å². The van der Waals surface area contributed by atoms with Crippen LogP contribution >= 0.6 is 0 Å². The van der Waals surface area contributed by atoms with Crippen molar-refractivity contribution in [1.29, 1.82) is 0 Å². The molecule has 0 aromatic heterocycles. The molecule has 1 aliphatic carbocycles. The smallest absolute Gasteiger partial charge is 0.305 e. The van der Waals surface area contributed by atoms with Crippen LogP contribution in [0.5, 0.6) is 0 Å². The molecule has 1 aliphatic heterocycles. The Balaban J connectivity index is 2.33. The van der Waals surface area contributed by atoms with E-state index in [4.69, 9.17) is 9.47 Å². The number of carbonyl (C=O) groups is 2. The fraction of sp³-hybridized carbons (Fsp3) is 0.900. The molecule has 1 N–H and O–H groups in total. The molecule has 5 heteroatoms. The van der Waals surface area contributed by atoms with Gasteiger partial charge in [0, 0.05) is 17.8 Å². The first-order valence-corrected chi connectivity index (χ1v) is 9.36. The van der Waals surface area contributed by atoms with Crippen LogP contribution in [0.4, 0.5) is 0 Å². The molecule has 144 valence electrons. The molecule has 0 bridgehead atoms. The van der Waals surface area contributed by atoms with Crippen LogP contribution in [-0.4, -0.2) is 40.8 Å². The van der Waals surface area contributed by atoms with Crippen molar-refractivity contribution in [2.75, 3.05) is 0 Å². The van der Waals surface area contributed by atoms with Gasteiger partial charge in [0.1, 0.15) is 6.10 Å². The molecule has 1 heterocycles. The lowest BCUT2D eigenvalue weighted by atomic mass is 9.62. The number of Topliss-reactive ketones (excluding diaryl/α,β-unsaturated/α-hetero) is 1. The second-order valence-corrected chi connectivity index (χ2v) is 9.46. The van der Waals surface area contributed by atoms with Gasteiger partial charge in [0.2, 0.25) is 0 Å². The highest BCUT2D eigenvalue weighted by atomic mass is 16.6. The van der Waals surface area contributed by atoms with E-state index in [1.807, 2.05) is 13.8 Å². The molecular weight excluding hydrogens is 320 g/mol. The van der Waals surface area contributed by atoms with Gasteiger partial charge in [-0.1, -0.05) is 41.5 Å². The normalized spacial score (nSPS) is 35.2. The highest BCUT2D eigenvalue weighted by molar-refractivity contribution is 5.92. The van der Waals surface area contributed by atoms with Gasteiger partial charge in [-0.05, 0) is 31.6 Å². The van der Waals surface area contributed by atoms with Crippen molar-refractivity contribution >= 4 is 11.8 Å². The fourth-order valence-corrected chi connectivity index (χ4v) is 4.64. The van der Waals surface area contributed by atoms with E-state index < -0.39 is 29.3 Å². The quantitative estimate of drug-likeness (QED) is 0.785. The van der Waals surface area contributed by atoms with Crippen molar-refractivity contribution in [3.05, 3.63) is 0 Å². The van der Waals surface area contributed by atoms with Crippen molar-refractivity contribution in [1.82, 2.24) is 0 Å². The molecular formula is C20H34O5. The van der Waals surface area contributed by atoms with E-state index in [0.29, 0.717) is 6.42 Å². The van der Waals surface area contributed by atoms with Gasteiger partial charge in [0.15, 0.2) is 11.9 Å². The number of hydrogen-bond donors (Lipinski definition) is 1. The van der Waals surface area contributed by atoms with E-state index in [-0.39, 0.29) is 35.4 Å². The molecule has 2 fully saturated rings. The van der Waals surface area contributed by atoms with E-state index in [2.05, 4.69) is 20.8 Å². The van der Waals surface area contributed by atoms with E-state index in [1.165, 1.54) is 0 Å². The molecule has 5 nitrogen and oxygen atoms in total. The Morgan fingerprint density at radius 2 is 1.92 bits per heavy atom. The molecule has 2 aliphatic rings. The predicted molar refractivity (Wildman–Crippen MR) is 95.0 cm³/mol. The first-order valence-electron chi connectivity index (χ1n) is 9.36. The Hall–Kier alpha value is -0.940. The molecule has 0 aromatic carbocycles. The number of ether oxygens (including phenoxy) is 2. The number of aliphatic hydroxyl groups is 1. The molecule has 25 heavy (non-hydrogen) atoms. The van der Waals surface area contributed by atoms with Crippen LogP contribution in [0.3, 0.4) is 0 Å². The average molecular weight is 354 g/mol. The fourth-order valence-electron chi connectivity index (χ4n) is 4.64. The van der Waals surface area contributed by atoms with Gasteiger partial charge in [0.05, 0.1) is 11.7 Å². The molecule has 0 radical (unpaired) electrons. The van der Waals surface area contributed by atoms with E-state index in [0.717, 1.165) is 0 Å². The van der Waals surface area contributed by atoms with Crippen molar-refractivity contribution in [2.45, 2.75) is 92.1 Å². The lowest BCUT2D eigenvalue weighted by Gasteiger charge is -2.46. The molecule has 0 aromatic rings. The monoisotopic (exact) mass is 354 g/mol. The van der Waals surface area contributed by atoms with Gasteiger partial charge in [-0.15, -0.1) is 0 Å². The zero-order valence-electron chi connectivity index (χ0n) is 16.9. The van der Waals surface area contributed by atoms with Crippen LogP contribution in [0, 0.1) is 22.7 Å². The summed E-state index contributed by atoms with van der Waals surface area (Å²) >= 11 is 0. The van der Waals surface area contributed by atoms with Crippen molar-refractivity contribution < 1.29 is 24.2 Å². The maximum absolute atomic E-state index is 13.0. The largest absolute Gasteiger partial charge is 0.457 e. The summed E-state index contributed by atoms with van der Waals surface area (Å²) in [5.74, 6) is 0.0875. The standard InChI is InChI=1S/C20H34O5/c1-9-13(21)25-17(20(7,8)23)12-10-11(2)14-15(24-12)16(22)19(5,6)18(14,3)4/h11-12,14-15,17,23H,9-10H2,1-8H3. The zero-order valence-corrected chi connectivity index (χ0v) is 16.9. The minimum Gasteiger partial charge on any atom is -0.457 e. The topological polar surface area (TPSA) is 72.8 Å². The molecule has 1 saturated heterocycles. The molecule has 5 atom stereocenters. The van der Waals surface area contributed by atoms with E-state index >= 15 is 0 Å². The minimum atomic E-state index is -1.24. The summed E-state index contributed by atoms with van der Waals surface area (Å²) in [6.45, 7) is 15.3. The van der Waals surface area contributed by atoms with Crippen molar-refractivity contribution in [3.63, 3.8) is 0 Å². The van der Waals surface area contributed by atoms with Gasteiger partial charge in [-0.3, -0.25) is 9.59 Å². The van der Waals surface area contributed by atoms with Crippen LogP contribution in [0.2, 0.25) is 0 Å². The first kappa shape index (κ1) is 20.4. The Kier molecular flexibility index (Phi) is 5.17. The van der Waals surface area contributed by atoms with Gasteiger partial charge < -0.3 is 14.6 Å². The second kappa shape index (κ2) is 6.34. The highest BCUT2D eigenvalue weighted by Crippen LogP contribution is 2.59. The third-order valence-corrected chi connectivity index (χ3v) is 6.76. The summed E-state index contributed by atoms with van der Waals surface area (Å²) in [5, 5.41) is 10.5. The van der Waals surface area contributed by atoms with Crippen LogP contribution in [0.25, 0.3) is 0 Å². The van der Waals surface area contributed by atoms with Gasteiger partial charge in [-0.2, -0.15) is 0 Å². The number of hydrogen-bond acceptors (Lipinski definition) is 5. The van der Waals surface area contributed by atoms with Crippen molar-refractivity contribution in [3.8, 4) is 0 Å². The molecule has 0 spiro atoms. The number of rotatable bonds is 4.